The highest BCUT2D eigenvalue weighted by atomic mass is 16.6. The number of hydrogen-bond acceptors (Lipinski definition) is 4. The number of benzene rings is 2. The number of anilines is 1. The minimum atomic E-state index is -0.141. The zero-order valence-corrected chi connectivity index (χ0v) is 13.3. The standard InChI is InChI=1S/C18H20N2O3/c1-20(2)12-13-3-5-14(6-4-13)18(21)19-15-7-8-16-17(11-15)23-10-9-22-16/h3-8,11H,9-10,12H2,1-2H3,(H,19,21). The average molecular weight is 312 g/mol. The summed E-state index contributed by atoms with van der Waals surface area (Å²) in [6.07, 6.45) is 0. The van der Waals surface area contributed by atoms with Gasteiger partial charge in [-0.3, -0.25) is 4.79 Å². The van der Waals surface area contributed by atoms with E-state index in [1.807, 2.05) is 50.5 Å². The summed E-state index contributed by atoms with van der Waals surface area (Å²) < 4.78 is 11.0. The van der Waals surface area contributed by atoms with Gasteiger partial charge in [0.25, 0.3) is 5.91 Å². The van der Waals surface area contributed by atoms with Gasteiger partial charge in [-0.2, -0.15) is 0 Å². The van der Waals surface area contributed by atoms with Crippen molar-refractivity contribution >= 4 is 11.6 Å². The van der Waals surface area contributed by atoms with Gasteiger partial charge in [0.15, 0.2) is 11.5 Å². The fourth-order valence-corrected chi connectivity index (χ4v) is 2.45. The predicted octanol–water partition coefficient (Wildman–Crippen LogP) is 2.77. The van der Waals surface area contributed by atoms with Crippen LogP contribution in [0.2, 0.25) is 0 Å². The van der Waals surface area contributed by atoms with Gasteiger partial charge in [0.05, 0.1) is 0 Å². The first-order chi connectivity index (χ1) is 11.1. The molecule has 1 N–H and O–H groups in total. The van der Waals surface area contributed by atoms with E-state index < -0.39 is 0 Å². The molecule has 0 saturated heterocycles. The first kappa shape index (κ1) is 15.4. The highest BCUT2D eigenvalue weighted by Crippen LogP contribution is 2.32. The van der Waals surface area contributed by atoms with Gasteiger partial charge < -0.3 is 19.7 Å². The van der Waals surface area contributed by atoms with E-state index in [1.165, 1.54) is 5.56 Å². The van der Waals surface area contributed by atoms with Gasteiger partial charge in [-0.25, -0.2) is 0 Å². The van der Waals surface area contributed by atoms with Crippen molar-refractivity contribution in [3.63, 3.8) is 0 Å². The van der Waals surface area contributed by atoms with Gasteiger partial charge in [-0.05, 0) is 43.9 Å². The molecule has 0 bridgehead atoms. The summed E-state index contributed by atoms with van der Waals surface area (Å²) in [5.74, 6) is 1.23. The van der Waals surface area contributed by atoms with E-state index in [9.17, 15) is 4.79 Å². The molecule has 0 aliphatic carbocycles. The number of carbonyl (C=O) groups is 1. The molecular formula is C18H20N2O3. The van der Waals surface area contributed by atoms with E-state index in [1.54, 1.807) is 6.07 Å². The maximum atomic E-state index is 12.3. The molecule has 5 nitrogen and oxygen atoms in total. The Hall–Kier alpha value is -2.53. The molecule has 2 aromatic rings. The molecule has 0 spiro atoms. The molecular weight excluding hydrogens is 292 g/mol. The Morgan fingerprint density at radius 1 is 1.04 bits per heavy atom. The lowest BCUT2D eigenvalue weighted by Crippen LogP contribution is -2.16. The topological polar surface area (TPSA) is 50.8 Å². The van der Waals surface area contributed by atoms with Crippen LogP contribution >= 0.6 is 0 Å². The summed E-state index contributed by atoms with van der Waals surface area (Å²) in [4.78, 5) is 14.4. The number of fused-ring (bicyclic) bond motifs is 1. The van der Waals surface area contributed by atoms with Gasteiger partial charge in [-0.15, -0.1) is 0 Å². The van der Waals surface area contributed by atoms with Gasteiger partial charge in [0, 0.05) is 23.9 Å². The van der Waals surface area contributed by atoms with E-state index in [0.717, 1.165) is 6.54 Å². The van der Waals surface area contributed by atoms with Crippen molar-refractivity contribution in [1.82, 2.24) is 4.90 Å². The Balaban J connectivity index is 1.69. The van der Waals surface area contributed by atoms with E-state index in [2.05, 4.69) is 10.2 Å². The van der Waals surface area contributed by atoms with E-state index in [4.69, 9.17) is 9.47 Å². The molecule has 0 aromatic heterocycles. The molecule has 2 aromatic carbocycles. The van der Waals surface area contributed by atoms with Crippen molar-refractivity contribution in [2.75, 3.05) is 32.6 Å². The van der Waals surface area contributed by atoms with E-state index in [0.29, 0.717) is 36.0 Å². The summed E-state index contributed by atoms with van der Waals surface area (Å²) in [5.41, 5.74) is 2.49. The van der Waals surface area contributed by atoms with Crippen molar-refractivity contribution in [3.05, 3.63) is 53.6 Å². The third-order valence-corrected chi connectivity index (χ3v) is 3.51. The first-order valence-corrected chi connectivity index (χ1v) is 7.56. The number of amides is 1. The lowest BCUT2D eigenvalue weighted by atomic mass is 10.1. The number of hydrogen-bond donors (Lipinski definition) is 1. The summed E-state index contributed by atoms with van der Waals surface area (Å²) in [7, 11) is 4.03. The second-order valence-corrected chi connectivity index (χ2v) is 5.75. The normalized spacial score (nSPS) is 13.0. The Kier molecular flexibility index (Phi) is 4.48. The Bertz CT molecular complexity index is 696. The summed E-state index contributed by atoms with van der Waals surface area (Å²) in [6.45, 7) is 1.93. The number of carbonyl (C=O) groups excluding carboxylic acids is 1. The molecule has 1 amide bonds. The molecule has 0 atom stereocenters. The predicted molar refractivity (Wildman–Crippen MR) is 89.2 cm³/mol. The highest BCUT2D eigenvalue weighted by Gasteiger charge is 2.13. The lowest BCUT2D eigenvalue weighted by Gasteiger charge is -2.19. The fraction of sp³-hybridized carbons (Fsp3) is 0.278. The third kappa shape index (κ3) is 3.81. The van der Waals surface area contributed by atoms with Crippen molar-refractivity contribution in [2.24, 2.45) is 0 Å². The van der Waals surface area contributed by atoms with Gasteiger partial charge in [0.2, 0.25) is 0 Å². The Morgan fingerprint density at radius 2 is 1.74 bits per heavy atom. The fourth-order valence-electron chi connectivity index (χ4n) is 2.45. The maximum absolute atomic E-state index is 12.3. The molecule has 1 heterocycles. The summed E-state index contributed by atoms with van der Waals surface area (Å²) in [6, 6.07) is 13.0. The van der Waals surface area contributed by atoms with Crippen molar-refractivity contribution in [1.29, 1.82) is 0 Å². The zero-order chi connectivity index (χ0) is 16.2. The molecule has 120 valence electrons. The molecule has 5 heteroatoms. The molecule has 0 fully saturated rings. The van der Waals surface area contributed by atoms with E-state index >= 15 is 0 Å². The molecule has 3 rings (SSSR count). The molecule has 1 aliphatic heterocycles. The van der Waals surface area contributed by atoms with Crippen molar-refractivity contribution < 1.29 is 14.3 Å². The highest BCUT2D eigenvalue weighted by molar-refractivity contribution is 6.04. The minimum absolute atomic E-state index is 0.141. The molecule has 0 saturated carbocycles. The second-order valence-electron chi connectivity index (χ2n) is 5.75. The number of ether oxygens (including phenoxy) is 2. The average Bonchev–Trinajstić information content (AvgIpc) is 2.55. The molecule has 0 unspecified atom stereocenters. The van der Waals surface area contributed by atoms with Crippen LogP contribution in [0.25, 0.3) is 0 Å². The van der Waals surface area contributed by atoms with Crippen molar-refractivity contribution in [2.45, 2.75) is 6.54 Å². The van der Waals surface area contributed by atoms with Crippen LogP contribution in [0.3, 0.4) is 0 Å². The quantitative estimate of drug-likeness (QED) is 0.943. The molecule has 0 radical (unpaired) electrons. The SMILES string of the molecule is CN(C)Cc1ccc(C(=O)Nc2ccc3c(c2)OCCO3)cc1. The van der Waals surface area contributed by atoms with Gasteiger partial charge in [0.1, 0.15) is 13.2 Å². The molecule has 23 heavy (non-hydrogen) atoms. The lowest BCUT2D eigenvalue weighted by molar-refractivity contribution is 0.102. The first-order valence-electron chi connectivity index (χ1n) is 7.56. The van der Waals surface area contributed by atoms with Crippen LogP contribution in [0, 0.1) is 0 Å². The maximum Gasteiger partial charge on any atom is 0.255 e. The number of nitrogens with zero attached hydrogens (tertiary/aromatic N) is 1. The molecule has 1 aliphatic rings. The van der Waals surface area contributed by atoms with Crippen molar-refractivity contribution in [3.8, 4) is 11.5 Å². The Morgan fingerprint density at radius 3 is 2.43 bits per heavy atom. The Labute approximate surface area is 135 Å². The summed E-state index contributed by atoms with van der Waals surface area (Å²) in [5, 5.41) is 2.88. The summed E-state index contributed by atoms with van der Waals surface area (Å²) >= 11 is 0. The monoisotopic (exact) mass is 312 g/mol. The van der Waals surface area contributed by atoms with Crippen LogP contribution in [0.1, 0.15) is 15.9 Å². The zero-order valence-electron chi connectivity index (χ0n) is 13.3. The smallest absolute Gasteiger partial charge is 0.255 e. The van der Waals surface area contributed by atoms with Crippen LogP contribution < -0.4 is 14.8 Å². The van der Waals surface area contributed by atoms with Gasteiger partial charge >= 0.3 is 0 Å². The number of nitrogens with one attached hydrogen (secondary N) is 1. The minimum Gasteiger partial charge on any atom is -0.486 e. The van der Waals surface area contributed by atoms with E-state index in [-0.39, 0.29) is 5.91 Å². The largest absolute Gasteiger partial charge is 0.486 e. The van der Waals surface area contributed by atoms with Crippen LogP contribution in [-0.4, -0.2) is 38.1 Å². The van der Waals surface area contributed by atoms with Crippen LogP contribution in [0.5, 0.6) is 11.5 Å². The van der Waals surface area contributed by atoms with Crippen LogP contribution in [0.4, 0.5) is 5.69 Å². The number of rotatable bonds is 4. The van der Waals surface area contributed by atoms with Crippen LogP contribution in [0.15, 0.2) is 42.5 Å². The third-order valence-electron chi connectivity index (χ3n) is 3.51. The van der Waals surface area contributed by atoms with Crippen LogP contribution in [-0.2, 0) is 6.54 Å². The van der Waals surface area contributed by atoms with Gasteiger partial charge in [-0.1, -0.05) is 12.1 Å². The second kappa shape index (κ2) is 6.71.